The summed E-state index contributed by atoms with van der Waals surface area (Å²) in [6.45, 7) is 4.84. The van der Waals surface area contributed by atoms with E-state index >= 15 is 0 Å². The van der Waals surface area contributed by atoms with E-state index in [-0.39, 0.29) is 10.6 Å². The lowest BCUT2D eigenvalue weighted by Crippen LogP contribution is -2.40. The Labute approximate surface area is 205 Å². The van der Waals surface area contributed by atoms with E-state index in [1.54, 1.807) is 17.7 Å². The van der Waals surface area contributed by atoms with Crippen LogP contribution in [0.25, 0.3) is 0 Å². The standard InChI is InChI=1S/C27H33N3O5/c1-3-33-27(16-21-11-19-10-20(12-21)14-22(13-19)17-34-35-27)23-5-4-6-24(15-23)28-29-25-8-7-18(2)9-26(25)30(31)32/h4-10,15,19,21-22,28-29H,3,11-14,16-17H2,1-2H3. The average Bonchev–Trinajstić information content (AvgIpc) is 2.82. The largest absolute Gasteiger partial charge is 0.344 e. The molecule has 0 radical (unpaired) electrons. The molecule has 2 heterocycles. The smallest absolute Gasteiger partial charge is 0.294 e. The molecule has 0 spiro atoms. The van der Waals surface area contributed by atoms with Gasteiger partial charge in [0.2, 0.25) is 5.79 Å². The van der Waals surface area contributed by atoms with Gasteiger partial charge in [0, 0.05) is 24.7 Å². The molecule has 0 aromatic heterocycles. The second-order valence-corrected chi connectivity index (χ2v) is 10.1. The van der Waals surface area contributed by atoms with Crippen LogP contribution in [-0.2, 0) is 20.3 Å². The summed E-state index contributed by atoms with van der Waals surface area (Å²) >= 11 is 0. The normalized spacial score (nSPS) is 27.8. The quantitative estimate of drug-likeness (QED) is 0.210. The maximum absolute atomic E-state index is 11.5. The molecule has 4 atom stereocenters. The number of benzene rings is 2. The summed E-state index contributed by atoms with van der Waals surface area (Å²) in [6.07, 6.45) is 7.70. The molecule has 6 rings (SSSR count). The van der Waals surface area contributed by atoms with E-state index in [1.807, 2.05) is 44.2 Å². The number of allylic oxidation sites excluding steroid dienone is 2. The highest BCUT2D eigenvalue weighted by molar-refractivity contribution is 5.65. The number of rotatable bonds is 7. The second kappa shape index (κ2) is 9.97. The van der Waals surface area contributed by atoms with Gasteiger partial charge in [0.15, 0.2) is 0 Å². The van der Waals surface area contributed by atoms with Crippen molar-refractivity contribution in [1.82, 2.24) is 0 Å². The van der Waals surface area contributed by atoms with Gasteiger partial charge in [0.05, 0.1) is 17.2 Å². The zero-order chi connectivity index (χ0) is 24.4. The fourth-order valence-electron chi connectivity index (χ4n) is 5.91. The molecule has 2 N–H and O–H groups in total. The lowest BCUT2D eigenvalue weighted by Gasteiger charge is -2.42. The second-order valence-electron chi connectivity index (χ2n) is 10.1. The van der Waals surface area contributed by atoms with Crippen molar-refractivity contribution in [1.29, 1.82) is 0 Å². The van der Waals surface area contributed by atoms with Gasteiger partial charge < -0.3 is 10.2 Å². The van der Waals surface area contributed by atoms with E-state index < -0.39 is 5.79 Å². The molecule has 2 aliphatic carbocycles. The molecule has 8 heteroatoms. The predicted octanol–water partition coefficient (Wildman–Crippen LogP) is 6.25. The Hall–Kier alpha value is -2.94. The van der Waals surface area contributed by atoms with Crippen molar-refractivity contribution in [3.05, 3.63) is 75.4 Å². The number of nitrogens with one attached hydrogen (secondary N) is 2. The third-order valence-electron chi connectivity index (χ3n) is 7.27. The molecule has 8 nitrogen and oxygen atoms in total. The van der Waals surface area contributed by atoms with Gasteiger partial charge in [-0.2, -0.15) is 4.89 Å². The number of anilines is 2. The van der Waals surface area contributed by atoms with Crippen LogP contribution in [0.5, 0.6) is 0 Å². The summed E-state index contributed by atoms with van der Waals surface area (Å²) in [6, 6.07) is 12.9. The minimum absolute atomic E-state index is 0.0169. The molecule has 4 aliphatic rings. The number of hydrogen-bond donors (Lipinski definition) is 2. The van der Waals surface area contributed by atoms with Crippen LogP contribution in [0.2, 0.25) is 0 Å². The Bertz CT molecular complexity index is 1120. The highest BCUT2D eigenvalue weighted by Gasteiger charge is 2.43. The first-order chi connectivity index (χ1) is 16.9. The van der Waals surface area contributed by atoms with Crippen molar-refractivity contribution in [3.63, 3.8) is 0 Å². The number of fused-ring (bicyclic) bond motifs is 4. The Kier molecular flexibility index (Phi) is 6.77. The van der Waals surface area contributed by atoms with Crippen molar-refractivity contribution in [3.8, 4) is 0 Å². The molecule has 4 bridgehead atoms. The van der Waals surface area contributed by atoms with Crippen LogP contribution in [-0.4, -0.2) is 18.1 Å². The third-order valence-corrected chi connectivity index (χ3v) is 7.27. The molecular weight excluding hydrogens is 446 g/mol. The molecule has 4 unspecified atom stereocenters. The highest BCUT2D eigenvalue weighted by Crippen LogP contribution is 2.47. The number of nitro groups is 1. The zero-order valence-electron chi connectivity index (χ0n) is 20.3. The van der Waals surface area contributed by atoms with Gasteiger partial charge in [-0.25, -0.2) is 4.89 Å². The first kappa shape index (κ1) is 23.8. The zero-order valence-corrected chi connectivity index (χ0v) is 20.3. The number of nitrogens with zero attached hydrogens (tertiary/aromatic N) is 1. The Morgan fingerprint density at radius 3 is 2.77 bits per heavy atom. The van der Waals surface area contributed by atoms with Crippen molar-refractivity contribution in [2.24, 2.45) is 17.8 Å². The summed E-state index contributed by atoms with van der Waals surface area (Å²) in [5.74, 6) is 0.546. The summed E-state index contributed by atoms with van der Waals surface area (Å²) in [5.41, 5.74) is 10.5. The predicted molar refractivity (Wildman–Crippen MR) is 133 cm³/mol. The molecule has 0 amide bonds. The minimum atomic E-state index is -1.01. The third kappa shape index (κ3) is 5.19. The fraction of sp³-hybridized carbons (Fsp3) is 0.481. The lowest BCUT2D eigenvalue weighted by atomic mass is 9.69. The van der Waals surface area contributed by atoms with Crippen LogP contribution >= 0.6 is 0 Å². The molecular formula is C27H33N3O5. The number of aryl methyl sites for hydroxylation is 1. The maximum Gasteiger partial charge on any atom is 0.294 e. The van der Waals surface area contributed by atoms with E-state index in [2.05, 4.69) is 16.9 Å². The number of hydrazine groups is 1. The molecule has 2 aliphatic heterocycles. The average molecular weight is 480 g/mol. The van der Waals surface area contributed by atoms with E-state index in [1.165, 1.54) is 6.42 Å². The van der Waals surface area contributed by atoms with E-state index in [0.29, 0.717) is 43.1 Å². The Balaban J connectivity index is 1.40. The highest BCUT2D eigenvalue weighted by atomic mass is 17.2. The number of nitro benzene ring substituents is 1. The van der Waals surface area contributed by atoms with Gasteiger partial charge in [-0.15, -0.1) is 0 Å². The topological polar surface area (TPSA) is 94.9 Å². The first-order valence-corrected chi connectivity index (χ1v) is 12.5. The van der Waals surface area contributed by atoms with Gasteiger partial charge in [0.1, 0.15) is 5.69 Å². The van der Waals surface area contributed by atoms with Gasteiger partial charge in [-0.05, 0) is 81.0 Å². The van der Waals surface area contributed by atoms with Gasteiger partial charge >= 0.3 is 0 Å². The lowest BCUT2D eigenvalue weighted by molar-refractivity contribution is -0.446. The Morgan fingerprint density at radius 1 is 1.14 bits per heavy atom. The van der Waals surface area contributed by atoms with Crippen LogP contribution in [0, 0.1) is 34.8 Å². The van der Waals surface area contributed by atoms with Crippen LogP contribution in [0.15, 0.2) is 54.1 Å². The molecule has 2 saturated heterocycles. The number of ether oxygens (including phenoxy) is 1. The molecule has 2 aromatic rings. The van der Waals surface area contributed by atoms with E-state index in [9.17, 15) is 10.1 Å². The molecule has 0 saturated carbocycles. The van der Waals surface area contributed by atoms with Gasteiger partial charge in [-0.3, -0.25) is 15.5 Å². The summed E-state index contributed by atoms with van der Waals surface area (Å²) in [4.78, 5) is 23.1. The fourth-order valence-corrected chi connectivity index (χ4v) is 5.91. The molecule has 2 fully saturated rings. The minimum Gasteiger partial charge on any atom is -0.344 e. The van der Waals surface area contributed by atoms with E-state index in [4.69, 9.17) is 14.5 Å². The van der Waals surface area contributed by atoms with Crippen LogP contribution in [0.4, 0.5) is 17.1 Å². The Morgan fingerprint density at radius 2 is 1.97 bits per heavy atom. The number of hydrogen-bond acceptors (Lipinski definition) is 7. The molecule has 35 heavy (non-hydrogen) atoms. The summed E-state index contributed by atoms with van der Waals surface area (Å²) in [7, 11) is 0. The monoisotopic (exact) mass is 479 g/mol. The maximum atomic E-state index is 11.5. The van der Waals surface area contributed by atoms with Gasteiger partial charge in [-0.1, -0.05) is 29.8 Å². The van der Waals surface area contributed by atoms with Crippen molar-refractivity contribution < 1.29 is 19.4 Å². The van der Waals surface area contributed by atoms with Crippen molar-refractivity contribution in [2.45, 2.75) is 51.7 Å². The summed E-state index contributed by atoms with van der Waals surface area (Å²) in [5, 5.41) is 11.5. The summed E-state index contributed by atoms with van der Waals surface area (Å²) < 4.78 is 6.31. The SMILES string of the molecule is CCOC1(c2cccc(NNc3ccc(C)cc3[N+](=O)[O-])c2)CC2CC3=CC(CC(COO1)C3)C2. The van der Waals surface area contributed by atoms with Crippen molar-refractivity contribution >= 4 is 17.1 Å². The van der Waals surface area contributed by atoms with Crippen LogP contribution < -0.4 is 10.9 Å². The molecule has 186 valence electrons. The van der Waals surface area contributed by atoms with Gasteiger partial charge in [0.25, 0.3) is 5.69 Å². The van der Waals surface area contributed by atoms with Crippen molar-refractivity contribution in [2.75, 3.05) is 24.1 Å². The first-order valence-electron chi connectivity index (χ1n) is 12.5. The molecule has 2 aromatic carbocycles. The van der Waals surface area contributed by atoms with E-state index in [0.717, 1.165) is 36.1 Å². The van der Waals surface area contributed by atoms with Crippen LogP contribution in [0.3, 0.4) is 0 Å². The van der Waals surface area contributed by atoms with Crippen LogP contribution in [0.1, 0.15) is 50.2 Å².